The molecule has 0 saturated carbocycles. The summed E-state index contributed by atoms with van der Waals surface area (Å²) in [6.07, 6.45) is 5.47. The lowest BCUT2D eigenvalue weighted by Crippen LogP contribution is -2.30. The number of hydrogen-bond acceptors (Lipinski definition) is 5. The predicted octanol–water partition coefficient (Wildman–Crippen LogP) is 1.84. The van der Waals surface area contributed by atoms with E-state index in [0.717, 1.165) is 39.1 Å². The van der Waals surface area contributed by atoms with Crippen LogP contribution in [0.5, 0.6) is 0 Å². The lowest BCUT2D eigenvalue weighted by Gasteiger charge is -2.16. The van der Waals surface area contributed by atoms with Gasteiger partial charge in [0.05, 0.1) is 12.4 Å². The molecule has 1 aromatic heterocycles. The first-order valence-corrected chi connectivity index (χ1v) is 8.03. The molecule has 6 heteroatoms. The van der Waals surface area contributed by atoms with Crippen LogP contribution in [0.3, 0.4) is 0 Å². The Morgan fingerprint density at radius 2 is 2.30 bits per heavy atom. The molecule has 5 nitrogen and oxygen atoms in total. The van der Waals surface area contributed by atoms with E-state index in [-0.39, 0.29) is 5.91 Å². The van der Waals surface area contributed by atoms with Crippen molar-refractivity contribution >= 4 is 17.7 Å². The largest absolute Gasteiger partial charge is 0.381 e. The number of thioether (sulfide) groups is 1. The standard InChI is InChI=1S/C14H21N3O2S/c1-2-8-19-10-12-4-7-17(9-12)13(18)11-20-14-15-5-3-6-16-14/h3,5-6,12H,2,4,7-11H2,1H3. The highest BCUT2D eigenvalue weighted by atomic mass is 32.2. The highest BCUT2D eigenvalue weighted by Crippen LogP contribution is 2.19. The van der Waals surface area contributed by atoms with Crippen LogP contribution < -0.4 is 0 Å². The fourth-order valence-electron chi connectivity index (χ4n) is 2.17. The fourth-order valence-corrected chi connectivity index (χ4v) is 2.87. The molecule has 1 aromatic rings. The van der Waals surface area contributed by atoms with Crippen LogP contribution in [0.4, 0.5) is 0 Å². The quantitative estimate of drug-likeness (QED) is 0.436. The van der Waals surface area contributed by atoms with Gasteiger partial charge in [-0.1, -0.05) is 18.7 Å². The van der Waals surface area contributed by atoms with E-state index in [2.05, 4.69) is 16.9 Å². The number of ether oxygens (including phenoxy) is 1. The maximum Gasteiger partial charge on any atom is 0.233 e. The van der Waals surface area contributed by atoms with E-state index in [0.29, 0.717) is 16.8 Å². The normalized spacial score (nSPS) is 18.4. The van der Waals surface area contributed by atoms with Gasteiger partial charge in [-0.05, 0) is 18.9 Å². The van der Waals surface area contributed by atoms with Crippen molar-refractivity contribution in [3.05, 3.63) is 18.5 Å². The second-order valence-electron chi connectivity index (χ2n) is 4.89. The van der Waals surface area contributed by atoms with E-state index >= 15 is 0 Å². The number of nitrogens with zero attached hydrogens (tertiary/aromatic N) is 3. The Morgan fingerprint density at radius 1 is 1.50 bits per heavy atom. The molecule has 1 saturated heterocycles. The summed E-state index contributed by atoms with van der Waals surface area (Å²) in [6, 6.07) is 1.77. The van der Waals surface area contributed by atoms with Gasteiger partial charge in [-0.25, -0.2) is 9.97 Å². The summed E-state index contributed by atoms with van der Waals surface area (Å²) in [5.41, 5.74) is 0. The van der Waals surface area contributed by atoms with Gasteiger partial charge in [-0.15, -0.1) is 0 Å². The van der Waals surface area contributed by atoms with Gasteiger partial charge in [0.15, 0.2) is 5.16 Å². The Morgan fingerprint density at radius 3 is 3.05 bits per heavy atom. The molecule has 2 heterocycles. The second-order valence-corrected chi connectivity index (χ2v) is 5.83. The number of likely N-dealkylation sites (tertiary alicyclic amines) is 1. The summed E-state index contributed by atoms with van der Waals surface area (Å²) in [5.74, 6) is 1.07. The van der Waals surface area contributed by atoms with Crippen LogP contribution in [0.15, 0.2) is 23.6 Å². The Labute approximate surface area is 124 Å². The summed E-state index contributed by atoms with van der Waals surface area (Å²) in [6.45, 7) is 5.35. The third-order valence-corrected chi connectivity index (χ3v) is 4.07. The fraction of sp³-hybridized carbons (Fsp3) is 0.643. The first-order valence-electron chi connectivity index (χ1n) is 7.05. The first kappa shape index (κ1) is 15.3. The molecule has 1 atom stereocenters. The zero-order valence-electron chi connectivity index (χ0n) is 11.8. The van der Waals surface area contributed by atoms with Crippen molar-refractivity contribution in [2.45, 2.75) is 24.9 Å². The molecule has 2 rings (SSSR count). The van der Waals surface area contributed by atoms with E-state index in [1.807, 2.05) is 4.90 Å². The number of rotatable bonds is 7. The molecule has 0 aliphatic carbocycles. The van der Waals surface area contributed by atoms with Crippen molar-refractivity contribution in [2.75, 3.05) is 32.1 Å². The van der Waals surface area contributed by atoms with Gasteiger partial charge < -0.3 is 9.64 Å². The van der Waals surface area contributed by atoms with Crippen LogP contribution in [0.2, 0.25) is 0 Å². The molecule has 110 valence electrons. The van der Waals surface area contributed by atoms with Gasteiger partial charge in [-0.3, -0.25) is 4.79 Å². The van der Waals surface area contributed by atoms with E-state index in [1.54, 1.807) is 18.5 Å². The average molecular weight is 295 g/mol. The first-order chi connectivity index (χ1) is 9.79. The van der Waals surface area contributed by atoms with Gasteiger partial charge in [0.2, 0.25) is 5.91 Å². The smallest absolute Gasteiger partial charge is 0.233 e. The van der Waals surface area contributed by atoms with Crippen LogP contribution in [-0.4, -0.2) is 52.8 Å². The molecule has 1 aliphatic rings. The van der Waals surface area contributed by atoms with Crippen molar-refractivity contribution in [1.29, 1.82) is 0 Å². The Hall–Kier alpha value is -1.14. The van der Waals surface area contributed by atoms with Crippen molar-refractivity contribution < 1.29 is 9.53 Å². The molecule has 0 N–H and O–H groups in total. The van der Waals surface area contributed by atoms with Crippen molar-refractivity contribution in [3.63, 3.8) is 0 Å². The van der Waals surface area contributed by atoms with E-state index in [9.17, 15) is 4.79 Å². The minimum atomic E-state index is 0.167. The van der Waals surface area contributed by atoms with Gasteiger partial charge >= 0.3 is 0 Å². The SMILES string of the molecule is CCCOCC1CCN(C(=O)CSc2ncccn2)C1. The minimum Gasteiger partial charge on any atom is -0.381 e. The summed E-state index contributed by atoms with van der Waals surface area (Å²) < 4.78 is 5.56. The highest BCUT2D eigenvalue weighted by molar-refractivity contribution is 7.99. The van der Waals surface area contributed by atoms with Crippen LogP contribution in [0.1, 0.15) is 19.8 Å². The van der Waals surface area contributed by atoms with Gasteiger partial charge in [0.1, 0.15) is 0 Å². The van der Waals surface area contributed by atoms with Crippen LogP contribution in [0.25, 0.3) is 0 Å². The molecular weight excluding hydrogens is 274 g/mol. The predicted molar refractivity (Wildman–Crippen MR) is 78.6 cm³/mol. The Bertz CT molecular complexity index is 416. The van der Waals surface area contributed by atoms with Gasteiger partial charge in [-0.2, -0.15) is 0 Å². The molecule has 1 fully saturated rings. The van der Waals surface area contributed by atoms with Gasteiger partial charge in [0, 0.05) is 38.0 Å². The zero-order valence-corrected chi connectivity index (χ0v) is 12.6. The minimum absolute atomic E-state index is 0.167. The number of aromatic nitrogens is 2. The van der Waals surface area contributed by atoms with Gasteiger partial charge in [0.25, 0.3) is 0 Å². The number of hydrogen-bond donors (Lipinski definition) is 0. The Kier molecular flexibility index (Phi) is 6.26. The molecule has 0 radical (unpaired) electrons. The molecule has 20 heavy (non-hydrogen) atoms. The number of carbonyl (C=O) groups is 1. The third-order valence-electron chi connectivity index (χ3n) is 3.21. The summed E-state index contributed by atoms with van der Waals surface area (Å²) in [4.78, 5) is 22.2. The van der Waals surface area contributed by atoms with E-state index in [1.165, 1.54) is 11.8 Å². The second kappa shape index (κ2) is 8.21. The molecule has 1 aliphatic heterocycles. The van der Waals surface area contributed by atoms with E-state index < -0.39 is 0 Å². The Balaban J connectivity index is 1.69. The summed E-state index contributed by atoms with van der Waals surface area (Å²) >= 11 is 1.39. The molecule has 0 bridgehead atoms. The molecule has 0 aromatic carbocycles. The molecular formula is C14H21N3O2S. The topological polar surface area (TPSA) is 55.3 Å². The van der Waals surface area contributed by atoms with Crippen molar-refractivity contribution in [2.24, 2.45) is 5.92 Å². The number of carbonyl (C=O) groups excluding carboxylic acids is 1. The lowest BCUT2D eigenvalue weighted by molar-refractivity contribution is -0.127. The molecule has 0 spiro atoms. The summed E-state index contributed by atoms with van der Waals surface area (Å²) in [7, 11) is 0. The highest BCUT2D eigenvalue weighted by Gasteiger charge is 2.26. The van der Waals surface area contributed by atoms with Crippen LogP contribution >= 0.6 is 11.8 Å². The van der Waals surface area contributed by atoms with E-state index in [4.69, 9.17) is 4.74 Å². The van der Waals surface area contributed by atoms with Crippen molar-refractivity contribution in [3.8, 4) is 0 Å². The maximum atomic E-state index is 12.1. The monoisotopic (exact) mass is 295 g/mol. The van der Waals surface area contributed by atoms with Crippen molar-refractivity contribution in [1.82, 2.24) is 14.9 Å². The summed E-state index contributed by atoms with van der Waals surface area (Å²) in [5, 5.41) is 0.655. The third kappa shape index (κ3) is 4.76. The number of amides is 1. The zero-order chi connectivity index (χ0) is 14.2. The molecule has 1 unspecified atom stereocenters. The maximum absolute atomic E-state index is 12.1. The van der Waals surface area contributed by atoms with Crippen LogP contribution in [0, 0.1) is 5.92 Å². The molecule has 1 amide bonds. The average Bonchev–Trinajstić information content (AvgIpc) is 2.95. The van der Waals surface area contributed by atoms with Crippen LogP contribution in [-0.2, 0) is 9.53 Å². The lowest BCUT2D eigenvalue weighted by atomic mass is 10.1.